The molecule has 0 unspecified atom stereocenters. The summed E-state index contributed by atoms with van der Waals surface area (Å²) in [5.74, 6) is -1.55. The molecule has 0 bridgehead atoms. The summed E-state index contributed by atoms with van der Waals surface area (Å²) in [4.78, 5) is 24.2. The van der Waals surface area contributed by atoms with Gasteiger partial charge in [-0.15, -0.1) is 0 Å². The minimum atomic E-state index is -0.830. The molecule has 1 aromatic heterocycles. The SMILES string of the molecule is Cc1c(C)n(C)c(=O)n(-c2cc(F)ccc2F)c1=O. The fourth-order valence-electron chi connectivity index (χ4n) is 1.82. The van der Waals surface area contributed by atoms with Gasteiger partial charge >= 0.3 is 5.69 Å². The van der Waals surface area contributed by atoms with E-state index in [1.807, 2.05) is 0 Å². The molecule has 0 amide bonds. The minimum absolute atomic E-state index is 0.311. The molecule has 0 aliphatic rings. The largest absolute Gasteiger partial charge is 0.335 e. The number of halogens is 2. The second-order valence-electron chi connectivity index (χ2n) is 4.29. The van der Waals surface area contributed by atoms with Crippen molar-refractivity contribution in [3.8, 4) is 5.69 Å². The number of benzene rings is 1. The number of hydrogen-bond donors (Lipinski definition) is 0. The van der Waals surface area contributed by atoms with Gasteiger partial charge in [-0.25, -0.2) is 18.1 Å². The van der Waals surface area contributed by atoms with Gasteiger partial charge in [0.25, 0.3) is 5.56 Å². The van der Waals surface area contributed by atoms with Crippen molar-refractivity contribution >= 4 is 0 Å². The molecule has 100 valence electrons. The molecule has 1 aromatic carbocycles. The Morgan fingerprint density at radius 1 is 1.11 bits per heavy atom. The van der Waals surface area contributed by atoms with Crippen LogP contribution in [0.5, 0.6) is 0 Å². The third kappa shape index (κ3) is 1.99. The van der Waals surface area contributed by atoms with E-state index in [4.69, 9.17) is 0 Å². The van der Waals surface area contributed by atoms with E-state index in [2.05, 4.69) is 0 Å². The Balaban J connectivity index is 2.96. The highest BCUT2D eigenvalue weighted by atomic mass is 19.1. The van der Waals surface area contributed by atoms with Crippen LogP contribution in [0, 0.1) is 25.5 Å². The highest BCUT2D eigenvalue weighted by molar-refractivity contribution is 5.35. The van der Waals surface area contributed by atoms with E-state index in [1.54, 1.807) is 6.92 Å². The van der Waals surface area contributed by atoms with E-state index in [1.165, 1.54) is 18.5 Å². The van der Waals surface area contributed by atoms with Gasteiger partial charge in [-0.2, -0.15) is 0 Å². The Hall–Kier alpha value is -2.24. The van der Waals surface area contributed by atoms with Gasteiger partial charge in [0.2, 0.25) is 0 Å². The van der Waals surface area contributed by atoms with Crippen molar-refractivity contribution in [3.05, 3.63) is 61.9 Å². The van der Waals surface area contributed by atoms with Crippen molar-refractivity contribution < 1.29 is 8.78 Å². The molecular weight excluding hydrogens is 254 g/mol. The zero-order valence-electron chi connectivity index (χ0n) is 10.7. The molecule has 2 rings (SSSR count). The maximum atomic E-state index is 13.7. The van der Waals surface area contributed by atoms with Crippen molar-refractivity contribution in [2.45, 2.75) is 13.8 Å². The van der Waals surface area contributed by atoms with Crippen molar-refractivity contribution in [2.75, 3.05) is 0 Å². The number of rotatable bonds is 1. The third-order valence-electron chi connectivity index (χ3n) is 3.20. The van der Waals surface area contributed by atoms with Crippen LogP contribution in [0.4, 0.5) is 8.78 Å². The molecule has 0 spiro atoms. The number of hydrogen-bond acceptors (Lipinski definition) is 2. The normalized spacial score (nSPS) is 10.8. The zero-order chi connectivity index (χ0) is 14.3. The summed E-state index contributed by atoms with van der Waals surface area (Å²) in [6.45, 7) is 3.15. The molecule has 0 atom stereocenters. The van der Waals surface area contributed by atoms with Crippen LogP contribution in [0.1, 0.15) is 11.3 Å². The summed E-state index contributed by atoms with van der Waals surface area (Å²) in [6, 6.07) is 2.63. The van der Waals surface area contributed by atoms with Crippen LogP contribution >= 0.6 is 0 Å². The van der Waals surface area contributed by atoms with E-state index in [0.29, 0.717) is 15.8 Å². The quantitative estimate of drug-likeness (QED) is 0.783. The van der Waals surface area contributed by atoms with Gasteiger partial charge < -0.3 is 4.57 Å². The maximum Gasteiger partial charge on any atom is 0.335 e. The molecule has 4 nitrogen and oxygen atoms in total. The summed E-state index contributed by atoms with van der Waals surface area (Å²) in [7, 11) is 1.47. The van der Waals surface area contributed by atoms with Gasteiger partial charge in [-0.3, -0.25) is 4.79 Å². The molecule has 0 aliphatic heterocycles. The topological polar surface area (TPSA) is 44.0 Å². The van der Waals surface area contributed by atoms with E-state index in [-0.39, 0.29) is 5.69 Å². The van der Waals surface area contributed by atoms with E-state index < -0.39 is 22.9 Å². The first kappa shape index (κ1) is 13.2. The predicted octanol–water partition coefficient (Wildman–Crippen LogP) is 1.43. The van der Waals surface area contributed by atoms with Crippen LogP contribution in [0.15, 0.2) is 27.8 Å². The van der Waals surface area contributed by atoms with Gasteiger partial charge in [0.15, 0.2) is 0 Å². The lowest BCUT2D eigenvalue weighted by atomic mass is 10.2. The molecule has 2 aromatic rings. The monoisotopic (exact) mass is 266 g/mol. The van der Waals surface area contributed by atoms with Gasteiger partial charge in [-0.05, 0) is 26.0 Å². The van der Waals surface area contributed by atoms with Gasteiger partial charge in [0.05, 0.1) is 5.69 Å². The van der Waals surface area contributed by atoms with Crippen LogP contribution in [0.2, 0.25) is 0 Å². The minimum Gasteiger partial charge on any atom is -0.300 e. The van der Waals surface area contributed by atoms with Crippen molar-refractivity contribution in [2.24, 2.45) is 7.05 Å². The van der Waals surface area contributed by atoms with E-state index >= 15 is 0 Å². The number of nitrogens with zero attached hydrogens (tertiary/aromatic N) is 2. The van der Waals surface area contributed by atoms with Crippen LogP contribution in [-0.4, -0.2) is 9.13 Å². The second kappa shape index (κ2) is 4.46. The lowest BCUT2D eigenvalue weighted by Crippen LogP contribution is -2.40. The fraction of sp³-hybridized carbons (Fsp3) is 0.231. The Bertz CT molecular complexity index is 738. The molecule has 0 radical (unpaired) electrons. The van der Waals surface area contributed by atoms with Gasteiger partial charge in [0.1, 0.15) is 11.6 Å². The Morgan fingerprint density at radius 2 is 1.74 bits per heavy atom. The van der Waals surface area contributed by atoms with E-state index in [0.717, 1.165) is 18.2 Å². The van der Waals surface area contributed by atoms with Crippen molar-refractivity contribution in [1.29, 1.82) is 0 Å². The highest BCUT2D eigenvalue weighted by Gasteiger charge is 2.16. The van der Waals surface area contributed by atoms with Crippen LogP contribution in [0.25, 0.3) is 5.69 Å². The Kier molecular flexibility index (Phi) is 3.09. The highest BCUT2D eigenvalue weighted by Crippen LogP contribution is 2.12. The molecular formula is C13H12F2N2O2. The molecule has 0 N–H and O–H groups in total. The summed E-state index contributed by atoms with van der Waals surface area (Å²) in [6.07, 6.45) is 0. The van der Waals surface area contributed by atoms with Crippen LogP contribution < -0.4 is 11.2 Å². The summed E-state index contributed by atoms with van der Waals surface area (Å²) in [5.41, 5.74) is -0.940. The number of aromatic nitrogens is 2. The molecule has 0 saturated heterocycles. The summed E-state index contributed by atoms with van der Waals surface area (Å²) >= 11 is 0. The second-order valence-corrected chi connectivity index (χ2v) is 4.29. The zero-order valence-corrected chi connectivity index (χ0v) is 10.7. The maximum absolute atomic E-state index is 13.7. The standard InChI is InChI=1S/C13H12F2N2O2/c1-7-8(2)16(3)13(19)17(12(7)18)11-6-9(14)4-5-10(11)15/h4-6H,1-3H3. The van der Waals surface area contributed by atoms with Crippen LogP contribution in [-0.2, 0) is 7.05 Å². The predicted molar refractivity (Wildman–Crippen MR) is 66.7 cm³/mol. The fourth-order valence-corrected chi connectivity index (χ4v) is 1.82. The first-order chi connectivity index (χ1) is 8.84. The summed E-state index contributed by atoms with van der Waals surface area (Å²) < 4.78 is 28.8. The molecule has 0 fully saturated rings. The first-order valence-corrected chi connectivity index (χ1v) is 5.59. The molecule has 0 saturated carbocycles. The lowest BCUT2D eigenvalue weighted by Gasteiger charge is -2.12. The average molecular weight is 266 g/mol. The lowest BCUT2D eigenvalue weighted by molar-refractivity contribution is 0.582. The van der Waals surface area contributed by atoms with Gasteiger partial charge in [0, 0.05) is 24.4 Å². The van der Waals surface area contributed by atoms with Crippen molar-refractivity contribution in [3.63, 3.8) is 0 Å². The van der Waals surface area contributed by atoms with E-state index in [9.17, 15) is 18.4 Å². The Labute approximate surface area is 107 Å². The molecule has 6 heteroatoms. The van der Waals surface area contributed by atoms with Gasteiger partial charge in [-0.1, -0.05) is 0 Å². The summed E-state index contributed by atoms with van der Waals surface area (Å²) in [5, 5.41) is 0. The van der Waals surface area contributed by atoms with Crippen LogP contribution in [0.3, 0.4) is 0 Å². The smallest absolute Gasteiger partial charge is 0.300 e. The third-order valence-corrected chi connectivity index (χ3v) is 3.20. The molecule has 19 heavy (non-hydrogen) atoms. The first-order valence-electron chi connectivity index (χ1n) is 5.59. The molecule has 0 aliphatic carbocycles. The van der Waals surface area contributed by atoms with Crippen molar-refractivity contribution in [1.82, 2.24) is 9.13 Å². The Morgan fingerprint density at radius 3 is 2.37 bits per heavy atom. The molecule has 1 heterocycles. The average Bonchev–Trinajstić information content (AvgIpc) is 2.38.